The molecular formula is C28H41F2N5O4. The first kappa shape index (κ1) is 29.2. The SMILES string of the molecule is CN(CC1CCN(c2cc(F)c(C3CCC(=O)NC3=O)cc2F)CC1)C1CCN(NC(=O)OC(C)(C)C)CC1. The van der Waals surface area contributed by atoms with Gasteiger partial charge in [-0.1, -0.05) is 0 Å². The fourth-order valence-electron chi connectivity index (χ4n) is 5.81. The molecule has 1 aromatic carbocycles. The van der Waals surface area contributed by atoms with E-state index in [1.165, 1.54) is 6.07 Å². The molecule has 4 rings (SSSR count). The molecule has 216 valence electrons. The molecule has 0 aliphatic carbocycles. The van der Waals surface area contributed by atoms with Gasteiger partial charge in [-0.25, -0.2) is 18.6 Å². The van der Waals surface area contributed by atoms with Gasteiger partial charge in [0.25, 0.3) is 0 Å². The maximum Gasteiger partial charge on any atom is 0.422 e. The highest BCUT2D eigenvalue weighted by Gasteiger charge is 2.32. The van der Waals surface area contributed by atoms with E-state index in [9.17, 15) is 18.8 Å². The van der Waals surface area contributed by atoms with E-state index in [1.54, 1.807) is 0 Å². The van der Waals surface area contributed by atoms with Crippen LogP contribution in [-0.2, 0) is 14.3 Å². The highest BCUT2D eigenvalue weighted by Crippen LogP contribution is 2.33. The Labute approximate surface area is 229 Å². The highest BCUT2D eigenvalue weighted by atomic mass is 19.1. The van der Waals surface area contributed by atoms with Crippen molar-refractivity contribution in [3.63, 3.8) is 0 Å². The van der Waals surface area contributed by atoms with E-state index in [4.69, 9.17) is 4.74 Å². The zero-order valence-corrected chi connectivity index (χ0v) is 23.4. The predicted octanol–water partition coefficient (Wildman–Crippen LogP) is 3.54. The zero-order chi connectivity index (χ0) is 28.3. The first-order valence-electron chi connectivity index (χ1n) is 13.9. The quantitative estimate of drug-likeness (QED) is 0.525. The highest BCUT2D eigenvalue weighted by molar-refractivity contribution is 6.01. The van der Waals surface area contributed by atoms with E-state index >= 15 is 4.39 Å². The van der Waals surface area contributed by atoms with E-state index in [0.717, 1.165) is 51.4 Å². The molecule has 0 saturated carbocycles. The smallest absolute Gasteiger partial charge is 0.422 e. The number of halogens is 2. The van der Waals surface area contributed by atoms with Gasteiger partial charge < -0.3 is 14.5 Å². The van der Waals surface area contributed by atoms with Gasteiger partial charge in [0.2, 0.25) is 11.8 Å². The van der Waals surface area contributed by atoms with Gasteiger partial charge in [-0.05, 0) is 71.9 Å². The van der Waals surface area contributed by atoms with Crippen LogP contribution in [0.5, 0.6) is 0 Å². The summed E-state index contributed by atoms with van der Waals surface area (Å²) >= 11 is 0. The van der Waals surface area contributed by atoms with Crippen molar-refractivity contribution >= 4 is 23.6 Å². The van der Waals surface area contributed by atoms with E-state index in [0.29, 0.717) is 25.0 Å². The van der Waals surface area contributed by atoms with Gasteiger partial charge in [0.15, 0.2) is 0 Å². The van der Waals surface area contributed by atoms with Crippen molar-refractivity contribution in [2.75, 3.05) is 44.7 Å². The molecule has 11 heteroatoms. The summed E-state index contributed by atoms with van der Waals surface area (Å²) in [4.78, 5) is 39.8. The van der Waals surface area contributed by atoms with Crippen LogP contribution in [0.4, 0.5) is 19.3 Å². The Morgan fingerprint density at radius 1 is 1.05 bits per heavy atom. The molecule has 3 heterocycles. The number of ether oxygens (including phenoxy) is 1. The van der Waals surface area contributed by atoms with E-state index < -0.39 is 35.2 Å². The van der Waals surface area contributed by atoms with E-state index in [1.807, 2.05) is 30.7 Å². The lowest BCUT2D eigenvalue weighted by molar-refractivity contribution is -0.134. The fraction of sp³-hybridized carbons (Fsp3) is 0.679. The molecule has 3 fully saturated rings. The third-order valence-corrected chi connectivity index (χ3v) is 7.92. The minimum Gasteiger partial charge on any atom is -0.443 e. The zero-order valence-electron chi connectivity index (χ0n) is 23.4. The summed E-state index contributed by atoms with van der Waals surface area (Å²) in [7, 11) is 2.14. The Morgan fingerprint density at radius 2 is 1.72 bits per heavy atom. The molecule has 0 bridgehead atoms. The number of hydrogen-bond acceptors (Lipinski definition) is 7. The molecule has 0 aromatic heterocycles. The average molecular weight is 550 g/mol. The molecule has 9 nitrogen and oxygen atoms in total. The van der Waals surface area contributed by atoms with Crippen LogP contribution in [0.1, 0.15) is 70.8 Å². The number of anilines is 1. The summed E-state index contributed by atoms with van der Waals surface area (Å²) in [6, 6.07) is 2.74. The molecule has 39 heavy (non-hydrogen) atoms. The molecule has 0 spiro atoms. The van der Waals surface area contributed by atoms with Crippen LogP contribution in [0.3, 0.4) is 0 Å². The number of nitrogens with one attached hydrogen (secondary N) is 2. The van der Waals surface area contributed by atoms with Gasteiger partial charge in [0.1, 0.15) is 17.2 Å². The van der Waals surface area contributed by atoms with Crippen molar-refractivity contribution < 1.29 is 27.9 Å². The molecule has 2 N–H and O–H groups in total. The first-order valence-corrected chi connectivity index (χ1v) is 13.9. The fourth-order valence-corrected chi connectivity index (χ4v) is 5.81. The van der Waals surface area contributed by atoms with Gasteiger partial charge in [-0.2, -0.15) is 0 Å². The summed E-state index contributed by atoms with van der Waals surface area (Å²) in [6.45, 7) is 9.23. The lowest BCUT2D eigenvalue weighted by atomic mass is 9.89. The van der Waals surface area contributed by atoms with Crippen LogP contribution in [0.15, 0.2) is 12.1 Å². The van der Waals surface area contributed by atoms with Gasteiger partial charge >= 0.3 is 6.09 Å². The van der Waals surface area contributed by atoms with Crippen molar-refractivity contribution in [2.45, 2.75) is 76.9 Å². The van der Waals surface area contributed by atoms with Gasteiger partial charge in [-0.15, -0.1) is 0 Å². The number of nitrogens with zero attached hydrogens (tertiary/aromatic N) is 3. The lowest BCUT2D eigenvalue weighted by Crippen LogP contribution is -2.52. The lowest BCUT2D eigenvalue weighted by Gasteiger charge is -2.40. The average Bonchev–Trinajstić information content (AvgIpc) is 2.85. The van der Waals surface area contributed by atoms with Crippen molar-refractivity contribution in [1.82, 2.24) is 20.7 Å². The summed E-state index contributed by atoms with van der Waals surface area (Å²) in [5, 5.41) is 4.12. The third kappa shape index (κ3) is 7.66. The number of benzene rings is 1. The molecule has 1 atom stereocenters. The number of carbonyl (C=O) groups excluding carboxylic acids is 3. The Morgan fingerprint density at radius 3 is 2.33 bits per heavy atom. The normalized spacial score (nSPS) is 22.2. The van der Waals surface area contributed by atoms with E-state index in [2.05, 4.69) is 22.7 Å². The standard InChI is InChI=1S/C28H41F2N5O4/c1-28(2,3)39-27(38)32-35-13-9-19(10-14-35)33(4)17-18-7-11-34(12-8-18)24-16-22(29)21(15-23(24)30)20-5-6-25(36)31-26(20)37/h15-16,18-20H,5-14,17H2,1-4H3,(H,32,38)(H,31,36,37). The number of amides is 3. The first-order chi connectivity index (χ1) is 18.4. The molecule has 1 unspecified atom stereocenters. The van der Waals surface area contributed by atoms with Gasteiger partial charge in [0.05, 0.1) is 11.6 Å². The summed E-state index contributed by atoms with van der Waals surface area (Å²) in [6.07, 6.45) is 3.49. The van der Waals surface area contributed by atoms with Crippen LogP contribution in [-0.4, -0.2) is 79.2 Å². The van der Waals surface area contributed by atoms with Crippen LogP contribution in [0, 0.1) is 17.6 Å². The Kier molecular flexibility index (Phi) is 9.10. The van der Waals surface area contributed by atoms with Crippen LogP contribution >= 0.6 is 0 Å². The minimum atomic E-state index is -0.854. The Hall–Kier alpha value is -2.79. The molecule has 3 aliphatic rings. The van der Waals surface area contributed by atoms with Crippen LogP contribution in [0.2, 0.25) is 0 Å². The van der Waals surface area contributed by atoms with Gasteiger partial charge in [-0.3, -0.25) is 20.3 Å². The van der Waals surface area contributed by atoms with Crippen molar-refractivity contribution in [1.29, 1.82) is 0 Å². The van der Waals surface area contributed by atoms with E-state index in [-0.39, 0.29) is 30.0 Å². The largest absolute Gasteiger partial charge is 0.443 e. The van der Waals surface area contributed by atoms with Crippen LogP contribution < -0.4 is 15.6 Å². The molecular weight excluding hydrogens is 508 g/mol. The third-order valence-electron chi connectivity index (χ3n) is 7.92. The summed E-state index contributed by atoms with van der Waals surface area (Å²) in [5.41, 5.74) is 2.53. The maximum absolute atomic E-state index is 15.1. The van der Waals surface area contributed by atoms with Crippen molar-refractivity contribution in [2.24, 2.45) is 5.92 Å². The molecule has 3 aliphatic heterocycles. The number of rotatable bonds is 6. The van der Waals surface area contributed by atoms with Crippen molar-refractivity contribution in [3.05, 3.63) is 29.3 Å². The molecule has 3 amide bonds. The number of carbonyl (C=O) groups is 3. The molecule has 1 aromatic rings. The number of hydrogen-bond donors (Lipinski definition) is 2. The topological polar surface area (TPSA) is 94.2 Å². The van der Waals surface area contributed by atoms with Gasteiger partial charge in [0, 0.05) is 56.8 Å². The number of imide groups is 1. The maximum atomic E-state index is 15.1. The van der Waals surface area contributed by atoms with Crippen LogP contribution in [0.25, 0.3) is 0 Å². The second-order valence-corrected chi connectivity index (χ2v) is 12.0. The second kappa shape index (κ2) is 12.2. The molecule has 3 saturated heterocycles. The van der Waals surface area contributed by atoms with Crippen molar-refractivity contribution in [3.8, 4) is 0 Å². The predicted molar refractivity (Wildman–Crippen MR) is 143 cm³/mol. The monoisotopic (exact) mass is 549 g/mol. The Bertz CT molecular complexity index is 1060. The number of hydrazine groups is 1. The minimum absolute atomic E-state index is 0.00472. The molecule has 0 radical (unpaired) electrons. The summed E-state index contributed by atoms with van der Waals surface area (Å²) in [5.74, 6) is -2.52. The number of piperidine rings is 3. The summed E-state index contributed by atoms with van der Waals surface area (Å²) < 4.78 is 35.4. The second-order valence-electron chi connectivity index (χ2n) is 12.0. The Balaban J connectivity index is 1.24.